The molecule has 2 N–H and O–H groups in total. The van der Waals surface area contributed by atoms with E-state index in [1.807, 2.05) is 0 Å². The fourth-order valence-corrected chi connectivity index (χ4v) is 3.94. The first kappa shape index (κ1) is 18.8. The first-order valence-corrected chi connectivity index (χ1v) is 10.9. The van der Waals surface area contributed by atoms with Gasteiger partial charge in [0.25, 0.3) is 5.91 Å². The molecule has 1 aliphatic rings. The van der Waals surface area contributed by atoms with Gasteiger partial charge in [0.15, 0.2) is 0 Å². The third-order valence-electron chi connectivity index (χ3n) is 3.42. The molecule has 0 spiro atoms. The molecule has 1 heterocycles. The lowest BCUT2D eigenvalue weighted by molar-refractivity contribution is 0.0956. The van der Waals surface area contributed by atoms with Gasteiger partial charge in [-0.1, -0.05) is 6.07 Å². The number of benzene rings is 1. The van der Waals surface area contributed by atoms with E-state index >= 15 is 0 Å². The lowest BCUT2D eigenvalue weighted by Gasteiger charge is -2.12. The summed E-state index contributed by atoms with van der Waals surface area (Å²) >= 11 is 0. The number of amides is 1. The highest BCUT2D eigenvalue weighted by molar-refractivity contribution is 7.90. The van der Waals surface area contributed by atoms with Gasteiger partial charge in [-0.05, 0) is 24.6 Å². The zero-order valence-electron chi connectivity index (χ0n) is 13.2. The monoisotopic (exact) mass is 376 g/mol. The lowest BCUT2D eigenvalue weighted by atomic mass is 10.2. The molecule has 24 heavy (non-hydrogen) atoms. The van der Waals surface area contributed by atoms with Gasteiger partial charge in [-0.25, -0.2) is 21.6 Å². The minimum absolute atomic E-state index is 0.0230. The Hall–Kier alpha value is -1.49. The number of ether oxygens (including phenoxy) is 1. The molecular weight excluding hydrogens is 356 g/mol. The average Bonchev–Trinajstić information content (AvgIpc) is 2.98. The maximum Gasteiger partial charge on any atom is 0.251 e. The van der Waals surface area contributed by atoms with Crippen molar-refractivity contribution >= 4 is 25.8 Å². The van der Waals surface area contributed by atoms with Gasteiger partial charge < -0.3 is 10.1 Å². The molecule has 1 unspecified atom stereocenters. The summed E-state index contributed by atoms with van der Waals surface area (Å²) < 4.78 is 54.4. The molecule has 10 heteroatoms. The zero-order chi connectivity index (χ0) is 17.8. The maximum absolute atomic E-state index is 12.3. The zero-order valence-corrected chi connectivity index (χ0v) is 14.8. The molecule has 2 rings (SSSR count). The summed E-state index contributed by atoms with van der Waals surface area (Å²) in [6.45, 7) is 0.799. The van der Waals surface area contributed by atoms with Crippen LogP contribution < -0.4 is 10.0 Å². The molecule has 1 saturated heterocycles. The summed E-state index contributed by atoms with van der Waals surface area (Å²) in [7, 11) is -6.93. The van der Waals surface area contributed by atoms with Crippen LogP contribution in [0.25, 0.3) is 0 Å². The number of hydrogen-bond donors (Lipinski definition) is 2. The Labute approximate surface area is 141 Å². The van der Waals surface area contributed by atoms with E-state index in [-0.39, 0.29) is 28.8 Å². The molecule has 1 amide bonds. The van der Waals surface area contributed by atoms with E-state index in [0.29, 0.717) is 19.6 Å². The fraction of sp³-hybridized carbons (Fsp3) is 0.500. The number of hydrogen-bond acceptors (Lipinski definition) is 6. The van der Waals surface area contributed by atoms with E-state index in [1.165, 1.54) is 24.3 Å². The second-order valence-electron chi connectivity index (χ2n) is 5.60. The summed E-state index contributed by atoms with van der Waals surface area (Å²) in [5.41, 5.74) is 0.147. The van der Waals surface area contributed by atoms with Crippen LogP contribution in [-0.2, 0) is 24.6 Å². The van der Waals surface area contributed by atoms with Crippen LogP contribution in [0.15, 0.2) is 29.2 Å². The predicted molar refractivity (Wildman–Crippen MR) is 88.0 cm³/mol. The molecular formula is C14H20N2O6S2. The van der Waals surface area contributed by atoms with Crippen LogP contribution >= 0.6 is 0 Å². The molecule has 0 radical (unpaired) electrons. The number of carbonyl (C=O) groups excluding carboxylic acids is 1. The Morgan fingerprint density at radius 3 is 2.67 bits per heavy atom. The highest BCUT2D eigenvalue weighted by Gasteiger charge is 2.24. The average molecular weight is 376 g/mol. The van der Waals surface area contributed by atoms with Gasteiger partial charge in [0.1, 0.15) is 9.84 Å². The summed E-state index contributed by atoms with van der Waals surface area (Å²) in [5, 5.41) is 2.45. The number of sulfone groups is 1. The Balaban J connectivity index is 2.05. The molecule has 8 nitrogen and oxygen atoms in total. The largest absolute Gasteiger partial charge is 0.380 e. The molecule has 0 saturated carbocycles. The van der Waals surface area contributed by atoms with Crippen LogP contribution in [0.3, 0.4) is 0 Å². The van der Waals surface area contributed by atoms with E-state index in [0.717, 1.165) is 6.26 Å². The topological polar surface area (TPSA) is 119 Å². The number of carbonyl (C=O) groups is 1. The van der Waals surface area contributed by atoms with Gasteiger partial charge in [0.2, 0.25) is 10.0 Å². The molecule has 0 aliphatic carbocycles. The molecule has 1 aromatic carbocycles. The van der Waals surface area contributed by atoms with Gasteiger partial charge in [0.05, 0.1) is 17.3 Å². The lowest BCUT2D eigenvalue weighted by Crippen LogP contribution is -2.35. The SMILES string of the molecule is CS(=O)(=O)CCNC(=O)c1cccc(S(=O)(=O)NC2CCOC2)c1. The summed E-state index contributed by atoms with van der Waals surface area (Å²) in [5.74, 6) is -0.708. The molecule has 1 atom stereocenters. The van der Waals surface area contributed by atoms with Crippen molar-refractivity contribution in [3.63, 3.8) is 0 Å². The van der Waals surface area contributed by atoms with Crippen LogP contribution in [-0.4, -0.2) is 60.6 Å². The first-order chi connectivity index (χ1) is 11.2. The van der Waals surface area contributed by atoms with Crippen molar-refractivity contribution in [1.82, 2.24) is 10.0 Å². The highest BCUT2D eigenvalue weighted by atomic mass is 32.2. The molecule has 0 bridgehead atoms. The van der Waals surface area contributed by atoms with E-state index in [1.54, 1.807) is 0 Å². The van der Waals surface area contributed by atoms with Crippen molar-refractivity contribution in [2.45, 2.75) is 17.4 Å². The Morgan fingerprint density at radius 1 is 1.29 bits per heavy atom. The molecule has 1 aliphatic heterocycles. The summed E-state index contributed by atoms with van der Waals surface area (Å²) in [6, 6.07) is 5.31. The van der Waals surface area contributed by atoms with E-state index in [2.05, 4.69) is 10.0 Å². The van der Waals surface area contributed by atoms with Crippen LogP contribution in [0.1, 0.15) is 16.8 Å². The molecule has 1 aromatic rings. The van der Waals surface area contributed by atoms with Gasteiger partial charge >= 0.3 is 0 Å². The van der Waals surface area contributed by atoms with Crippen molar-refractivity contribution in [1.29, 1.82) is 0 Å². The van der Waals surface area contributed by atoms with Gasteiger partial charge in [-0.15, -0.1) is 0 Å². The van der Waals surface area contributed by atoms with Gasteiger partial charge in [0, 0.05) is 31.0 Å². The molecule has 0 aromatic heterocycles. The normalized spacial score (nSPS) is 18.5. The molecule has 134 valence electrons. The first-order valence-electron chi connectivity index (χ1n) is 7.33. The van der Waals surface area contributed by atoms with Crippen LogP contribution in [0.5, 0.6) is 0 Å². The van der Waals surface area contributed by atoms with Crippen molar-refractivity contribution in [2.24, 2.45) is 0 Å². The van der Waals surface area contributed by atoms with E-state index in [9.17, 15) is 21.6 Å². The quantitative estimate of drug-likeness (QED) is 0.664. The smallest absolute Gasteiger partial charge is 0.251 e. The van der Waals surface area contributed by atoms with Crippen molar-refractivity contribution in [2.75, 3.05) is 31.8 Å². The minimum atomic E-state index is -3.75. The Bertz CT molecular complexity index is 798. The van der Waals surface area contributed by atoms with E-state index in [4.69, 9.17) is 4.74 Å². The Kier molecular flexibility index (Phi) is 5.97. The minimum Gasteiger partial charge on any atom is -0.380 e. The van der Waals surface area contributed by atoms with Crippen molar-refractivity contribution < 1.29 is 26.4 Å². The number of rotatable bonds is 7. The van der Waals surface area contributed by atoms with Crippen molar-refractivity contribution in [3.05, 3.63) is 29.8 Å². The number of sulfonamides is 1. The third-order valence-corrected chi connectivity index (χ3v) is 5.88. The van der Waals surface area contributed by atoms with Crippen LogP contribution in [0.4, 0.5) is 0 Å². The fourth-order valence-electron chi connectivity index (χ4n) is 2.17. The summed E-state index contributed by atoms with van der Waals surface area (Å²) in [6.07, 6.45) is 1.68. The standard InChI is InChI=1S/C14H20N2O6S2/c1-23(18,19)8-6-15-14(17)11-3-2-4-13(9-11)24(20,21)16-12-5-7-22-10-12/h2-4,9,12,16H,5-8,10H2,1H3,(H,15,17). The Morgan fingerprint density at radius 2 is 2.04 bits per heavy atom. The second kappa shape index (κ2) is 7.60. The van der Waals surface area contributed by atoms with E-state index < -0.39 is 25.8 Å². The van der Waals surface area contributed by atoms with Gasteiger partial charge in [-0.2, -0.15) is 0 Å². The predicted octanol–water partition coefficient (Wildman–Crippen LogP) is -0.472. The van der Waals surface area contributed by atoms with Crippen LogP contribution in [0, 0.1) is 0 Å². The van der Waals surface area contributed by atoms with Crippen molar-refractivity contribution in [3.8, 4) is 0 Å². The van der Waals surface area contributed by atoms with Crippen LogP contribution in [0.2, 0.25) is 0 Å². The summed E-state index contributed by atoms with van der Waals surface area (Å²) in [4.78, 5) is 12.0. The maximum atomic E-state index is 12.3. The molecule has 1 fully saturated rings. The number of nitrogens with one attached hydrogen (secondary N) is 2. The van der Waals surface area contributed by atoms with Gasteiger partial charge in [-0.3, -0.25) is 4.79 Å². The second-order valence-corrected chi connectivity index (χ2v) is 9.57. The highest BCUT2D eigenvalue weighted by Crippen LogP contribution is 2.14. The third kappa shape index (κ3) is 5.55.